The van der Waals surface area contributed by atoms with Gasteiger partial charge >= 0.3 is 0 Å². The molecule has 0 spiro atoms. The molecule has 0 radical (unpaired) electrons. The minimum absolute atomic E-state index is 0.0192. The molecule has 1 aliphatic heterocycles. The molecular weight excluding hydrogens is 255 g/mol. The van der Waals surface area contributed by atoms with Crippen LogP contribution in [-0.2, 0) is 4.74 Å². The molecule has 0 bridgehead atoms. The van der Waals surface area contributed by atoms with Crippen LogP contribution in [0.3, 0.4) is 0 Å². The van der Waals surface area contributed by atoms with Gasteiger partial charge in [-0.15, -0.1) is 0 Å². The highest BCUT2D eigenvalue weighted by atomic mass is 19.1. The van der Waals surface area contributed by atoms with E-state index in [1.165, 1.54) is 12.5 Å². The van der Waals surface area contributed by atoms with Crippen LogP contribution >= 0.6 is 0 Å². The number of rotatable bonds is 6. The SMILES string of the molecule is CNC(CN(C)CC1CCCOC1)c1ccccc1F. The number of ether oxygens (including phenoxy) is 1. The van der Waals surface area contributed by atoms with Crippen molar-refractivity contribution in [2.45, 2.75) is 18.9 Å². The third kappa shape index (κ3) is 4.27. The number of benzene rings is 1. The highest BCUT2D eigenvalue weighted by molar-refractivity contribution is 5.21. The second-order valence-corrected chi connectivity index (χ2v) is 5.67. The molecule has 1 saturated heterocycles. The predicted octanol–water partition coefficient (Wildman–Crippen LogP) is 2.44. The second-order valence-electron chi connectivity index (χ2n) is 5.67. The molecule has 1 aromatic rings. The zero-order chi connectivity index (χ0) is 14.4. The Balaban J connectivity index is 1.90. The Morgan fingerprint density at radius 1 is 1.45 bits per heavy atom. The average molecular weight is 280 g/mol. The van der Waals surface area contributed by atoms with Gasteiger partial charge in [-0.3, -0.25) is 0 Å². The summed E-state index contributed by atoms with van der Waals surface area (Å²) in [6.07, 6.45) is 2.38. The van der Waals surface area contributed by atoms with Crippen molar-refractivity contribution in [2.75, 3.05) is 40.4 Å². The first-order chi connectivity index (χ1) is 9.70. The number of hydrogen-bond acceptors (Lipinski definition) is 3. The smallest absolute Gasteiger partial charge is 0.128 e. The highest BCUT2D eigenvalue weighted by Gasteiger charge is 2.19. The lowest BCUT2D eigenvalue weighted by Crippen LogP contribution is -2.36. The number of likely N-dealkylation sites (N-methyl/N-ethyl adjacent to an activating group) is 2. The van der Waals surface area contributed by atoms with Crippen LogP contribution in [0.1, 0.15) is 24.4 Å². The molecule has 0 amide bonds. The van der Waals surface area contributed by atoms with E-state index in [2.05, 4.69) is 17.3 Å². The predicted molar refractivity (Wildman–Crippen MR) is 79.2 cm³/mol. The Morgan fingerprint density at radius 2 is 2.25 bits per heavy atom. The topological polar surface area (TPSA) is 24.5 Å². The fourth-order valence-corrected chi connectivity index (χ4v) is 2.88. The van der Waals surface area contributed by atoms with Gasteiger partial charge in [0.25, 0.3) is 0 Å². The van der Waals surface area contributed by atoms with Gasteiger partial charge in [0.2, 0.25) is 0 Å². The van der Waals surface area contributed by atoms with Crippen LogP contribution in [0.4, 0.5) is 4.39 Å². The molecule has 2 unspecified atom stereocenters. The highest BCUT2D eigenvalue weighted by Crippen LogP contribution is 2.19. The van der Waals surface area contributed by atoms with Gasteiger partial charge in [-0.2, -0.15) is 0 Å². The third-order valence-corrected chi connectivity index (χ3v) is 3.95. The minimum atomic E-state index is -0.138. The van der Waals surface area contributed by atoms with Crippen LogP contribution in [-0.4, -0.2) is 45.3 Å². The molecule has 0 aliphatic carbocycles. The van der Waals surface area contributed by atoms with Crippen molar-refractivity contribution < 1.29 is 9.13 Å². The van der Waals surface area contributed by atoms with E-state index in [0.29, 0.717) is 5.92 Å². The standard InChI is InChI=1S/C16H25FN2O/c1-18-16(14-7-3-4-8-15(14)17)11-19(2)10-13-6-5-9-20-12-13/h3-4,7-8,13,16,18H,5-6,9-12H2,1-2H3. The van der Waals surface area contributed by atoms with Crippen LogP contribution in [0.5, 0.6) is 0 Å². The summed E-state index contributed by atoms with van der Waals surface area (Å²) in [5.41, 5.74) is 0.738. The Kier molecular flexibility index (Phi) is 5.95. The summed E-state index contributed by atoms with van der Waals surface area (Å²) in [4.78, 5) is 2.27. The summed E-state index contributed by atoms with van der Waals surface area (Å²) in [6, 6.07) is 7.01. The van der Waals surface area contributed by atoms with E-state index in [-0.39, 0.29) is 11.9 Å². The summed E-state index contributed by atoms with van der Waals surface area (Å²) >= 11 is 0. The molecule has 1 heterocycles. The van der Waals surface area contributed by atoms with E-state index in [4.69, 9.17) is 4.74 Å². The molecule has 0 saturated carbocycles. The largest absolute Gasteiger partial charge is 0.381 e. The molecule has 112 valence electrons. The van der Waals surface area contributed by atoms with E-state index in [1.54, 1.807) is 6.07 Å². The van der Waals surface area contributed by atoms with Crippen molar-refractivity contribution >= 4 is 0 Å². The van der Waals surface area contributed by atoms with Crippen LogP contribution in [0.15, 0.2) is 24.3 Å². The zero-order valence-electron chi connectivity index (χ0n) is 12.4. The van der Waals surface area contributed by atoms with Gasteiger partial charge in [-0.25, -0.2) is 4.39 Å². The summed E-state index contributed by atoms with van der Waals surface area (Å²) < 4.78 is 19.4. The molecule has 1 N–H and O–H groups in total. The first-order valence-corrected chi connectivity index (χ1v) is 7.38. The fraction of sp³-hybridized carbons (Fsp3) is 0.625. The Bertz CT molecular complexity index is 407. The van der Waals surface area contributed by atoms with Crippen molar-refractivity contribution in [3.8, 4) is 0 Å². The molecule has 2 rings (SSSR count). The summed E-state index contributed by atoms with van der Waals surface area (Å²) in [5.74, 6) is 0.466. The maximum absolute atomic E-state index is 13.9. The summed E-state index contributed by atoms with van der Waals surface area (Å²) in [6.45, 7) is 3.56. The van der Waals surface area contributed by atoms with Gasteiger partial charge < -0.3 is 15.0 Å². The van der Waals surface area contributed by atoms with Gasteiger partial charge in [0, 0.05) is 31.3 Å². The lowest BCUT2D eigenvalue weighted by molar-refractivity contribution is 0.0410. The summed E-state index contributed by atoms with van der Waals surface area (Å²) in [7, 11) is 3.98. The first-order valence-electron chi connectivity index (χ1n) is 7.38. The number of nitrogens with one attached hydrogen (secondary N) is 1. The zero-order valence-corrected chi connectivity index (χ0v) is 12.4. The van der Waals surface area contributed by atoms with Crippen LogP contribution in [0, 0.1) is 11.7 Å². The molecule has 1 fully saturated rings. The molecule has 2 atom stereocenters. The van der Waals surface area contributed by atoms with Crippen LogP contribution in [0.25, 0.3) is 0 Å². The van der Waals surface area contributed by atoms with Crippen molar-refractivity contribution in [3.63, 3.8) is 0 Å². The molecule has 1 aliphatic rings. The van der Waals surface area contributed by atoms with Crippen molar-refractivity contribution in [3.05, 3.63) is 35.6 Å². The summed E-state index contributed by atoms with van der Waals surface area (Å²) in [5, 5.41) is 3.21. The van der Waals surface area contributed by atoms with Crippen molar-refractivity contribution in [2.24, 2.45) is 5.92 Å². The number of nitrogens with zero attached hydrogens (tertiary/aromatic N) is 1. The van der Waals surface area contributed by atoms with E-state index in [9.17, 15) is 4.39 Å². The number of halogens is 1. The quantitative estimate of drug-likeness (QED) is 0.866. The van der Waals surface area contributed by atoms with Crippen molar-refractivity contribution in [1.29, 1.82) is 0 Å². The van der Waals surface area contributed by atoms with E-state index in [0.717, 1.165) is 38.3 Å². The van der Waals surface area contributed by atoms with Gasteiger partial charge in [0.05, 0.1) is 6.61 Å². The average Bonchev–Trinajstić information content (AvgIpc) is 2.46. The lowest BCUT2D eigenvalue weighted by atomic mass is 10.0. The Morgan fingerprint density at radius 3 is 2.90 bits per heavy atom. The minimum Gasteiger partial charge on any atom is -0.381 e. The molecule has 3 nitrogen and oxygen atoms in total. The fourth-order valence-electron chi connectivity index (χ4n) is 2.88. The molecule has 0 aromatic heterocycles. The first kappa shape index (κ1) is 15.4. The molecule has 20 heavy (non-hydrogen) atoms. The lowest BCUT2D eigenvalue weighted by Gasteiger charge is -2.29. The number of hydrogen-bond donors (Lipinski definition) is 1. The third-order valence-electron chi connectivity index (χ3n) is 3.95. The maximum atomic E-state index is 13.9. The molecule has 4 heteroatoms. The van der Waals surface area contributed by atoms with E-state index < -0.39 is 0 Å². The van der Waals surface area contributed by atoms with Gasteiger partial charge in [-0.05, 0) is 38.9 Å². The Labute approximate surface area is 121 Å². The normalized spacial score (nSPS) is 21.1. The van der Waals surface area contributed by atoms with Gasteiger partial charge in [-0.1, -0.05) is 18.2 Å². The molecule has 1 aromatic carbocycles. The Hall–Kier alpha value is -0.970. The van der Waals surface area contributed by atoms with E-state index in [1.807, 2.05) is 19.2 Å². The monoisotopic (exact) mass is 280 g/mol. The maximum Gasteiger partial charge on any atom is 0.128 e. The second kappa shape index (κ2) is 7.72. The van der Waals surface area contributed by atoms with Gasteiger partial charge in [0.15, 0.2) is 0 Å². The van der Waals surface area contributed by atoms with Crippen molar-refractivity contribution in [1.82, 2.24) is 10.2 Å². The molecular formula is C16H25FN2O. The van der Waals surface area contributed by atoms with Crippen LogP contribution < -0.4 is 5.32 Å². The van der Waals surface area contributed by atoms with Crippen LogP contribution in [0.2, 0.25) is 0 Å². The van der Waals surface area contributed by atoms with Gasteiger partial charge in [0.1, 0.15) is 5.82 Å². The van der Waals surface area contributed by atoms with E-state index >= 15 is 0 Å².